The summed E-state index contributed by atoms with van der Waals surface area (Å²) in [5, 5.41) is 13.0. The number of pyridine rings is 1. The molecule has 142 valence electrons. The number of piperazine rings is 1. The van der Waals surface area contributed by atoms with E-state index in [1.54, 1.807) is 37.1 Å². The summed E-state index contributed by atoms with van der Waals surface area (Å²) < 4.78 is 26.6. The molecule has 0 atom stereocenters. The molecule has 0 unspecified atom stereocenters. The third-order valence-electron chi connectivity index (χ3n) is 4.83. The molecule has 0 N–H and O–H groups in total. The predicted molar refractivity (Wildman–Crippen MR) is 94.4 cm³/mol. The largest absolute Gasteiger partial charge is 0.352 e. The summed E-state index contributed by atoms with van der Waals surface area (Å²) in [6, 6.07) is 5.56. The Labute approximate surface area is 155 Å². The fourth-order valence-corrected chi connectivity index (χ4v) is 3.31. The van der Waals surface area contributed by atoms with Gasteiger partial charge in [0.25, 0.3) is 0 Å². The molecule has 1 aliphatic heterocycles. The number of aromatic nitrogens is 3. The van der Waals surface area contributed by atoms with E-state index in [-0.39, 0.29) is 12.3 Å². The second kappa shape index (κ2) is 7.70. The van der Waals surface area contributed by atoms with E-state index >= 15 is 0 Å². The van der Waals surface area contributed by atoms with Crippen LogP contribution in [-0.2, 0) is 11.2 Å². The van der Waals surface area contributed by atoms with Crippen LogP contribution < -0.4 is 4.90 Å². The number of nitriles is 1. The smallest absolute Gasteiger partial charge is 0.333 e. The summed E-state index contributed by atoms with van der Waals surface area (Å²) in [4.78, 5) is 20.6. The molecule has 3 rings (SSSR count). The van der Waals surface area contributed by atoms with Gasteiger partial charge in [-0.3, -0.25) is 4.79 Å². The third kappa shape index (κ3) is 3.74. The quantitative estimate of drug-likeness (QED) is 0.819. The minimum absolute atomic E-state index is 0.0530. The molecule has 0 radical (unpaired) electrons. The first-order valence-electron chi connectivity index (χ1n) is 8.63. The van der Waals surface area contributed by atoms with Gasteiger partial charge < -0.3 is 9.80 Å². The van der Waals surface area contributed by atoms with E-state index in [4.69, 9.17) is 0 Å². The van der Waals surface area contributed by atoms with Crippen LogP contribution in [0.1, 0.15) is 29.1 Å². The molecular formula is C18H20F2N6O. The summed E-state index contributed by atoms with van der Waals surface area (Å²) in [6.07, 6.45) is 1.69. The molecular weight excluding hydrogens is 354 g/mol. The highest BCUT2D eigenvalue weighted by Gasteiger charge is 2.26. The van der Waals surface area contributed by atoms with Crippen molar-refractivity contribution in [3.05, 3.63) is 40.8 Å². The van der Waals surface area contributed by atoms with Crippen LogP contribution in [0.3, 0.4) is 0 Å². The second-order valence-corrected chi connectivity index (χ2v) is 6.40. The van der Waals surface area contributed by atoms with Crippen LogP contribution in [0.15, 0.2) is 18.3 Å². The standard InChI is InChI=1S/C18H20F2N6O/c1-12-15(13(2)26(23-12)18(19)20)10-16(27)24-6-8-25(9-7-24)17-14(11-21)4-3-5-22-17/h3-5,18H,6-10H2,1-2H3. The van der Waals surface area contributed by atoms with Crippen LogP contribution in [0.5, 0.6) is 0 Å². The molecule has 2 aromatic rings. The number of aryl methyl sites for hydroxylation is 1. The van der Waals surface area contributed by atoms with Gasteiger partial charge in [0.2, 0.25) is 5.91 Å². The summed E-state index contributed by atoms with van der Waals surface area (Å²) >= 11 is 0. The molecule has 0 aromatic carbocycles. The maximum Gasteiger partial charge on any atom is 0.333 e. The first-order chi connectivity index (χ1) is 12.9. The third-order valence-corrected chi connectivity index (χ3v) is 4.83. The molecule has 2 aromatic heterocycles. The Morgan fingerprint density at radius 1 is 1.30 bits per heavy atom. The number of anilines is 1. The maximum atomic E-state index is 13.0. The van der Waals surface area contributed by atoms with Gasteiger partial charge in [0, 0.05) is 43.6 Å². The van der Waals surface area contributed by atoms with Crippen LogP contribution >= 0.6 is 0 Å². The average Bonchev–Trinajstić information content (AvgIpc) is 2.96. The van der Waals surface area contributed by atoms with Crippen molar-refractivity contribution in [2.45, 2.75) is 26.8 Å². The number of amides is 1. The predicted octanol–water partition coefficient (Wildman–Crippen LogP) is 2.05. The molecule has 0 spiro atoms. The lowest BCUT2D eigenvalue weighted by molar-refractivity contribution is -0.130. The lowest BCUT2D eigenvalue weighted by Gasteiger charge is -2.35. The van der Waals surface area contributed by atoms with Crippen LogP contribution in [-0.4, -0.2) is 51.8 Å². The topological polar surface area (TPSA) is 78.1 Å². The Hall–Kier alpha value is -3.02. The first-order valence-corrected chi connectivity index (χ1v) is 8.63. The molecule has 0 aliphatic carbocycles. The van der Waals surface area contributed by atoms with Crippen molar-refractivity contribution in [1.29, 1.82) is 5.26 Å². The average molecular weight is 374 g/mol. The summed E-state index contributed by atoms with van der Waals surface area (Å²) in [7, 11) is 0. The van der Waals surface area contributed by atoms with Gasteiger partial charge in [-0.05, 0) is 26.0 Å². The van der Waals surface area contributed by atoms with Crippen molar-refractivity contribution < 1.29 is 13.6 Å². The van der Waals surface area contributed by atoms with Crippen molar-refractivity contribution in [3.8, 4) is 6.07 Å². The van der Waals surface area contributed by atoms with E-state index in [9.17, 15) is 18.8 Å². The van der Waals surface area contributed by atoms with E-state index in [1.165, 1.54) is 0 Å². The minimum Gasteiger partial charge on any atom is -0.352 e. The van der Waals surface area contributed by atoms with Gasteiger partial charge in [0.15, 0.2) is 0 Å². The Kier molecular flexibility index (Phi) is 5.35. The number of hydrogen-bond acceptors (Lipinski definition) is 5. The number of hydrogen-bond donors (Lipinski definition) is 0. The van der Waals surface area contributed by atoms with Crippen molar-refractivity contribution >= 4 is 11.7 Å². The molecule has 1 aliphatic rings. The molecule has 7 nitrogen and oxygen atoms in total. The lowest BCUT2D eigenvalue weighted by Crippen LogP contribution is -2.49. The highest BCUT2D eigenvalue weighted by Crippen LogP contribution is 2.22. The molecule has 27 heavy (non-hydrogen) atoms. The number of alkyl halides is 2. The fraction of sp³-hybridized carbons (Fsp3) is 0.444. The Bertz CT molecular complexity index is 880. The first kappa shape index (κ1) is 18.8. The van der Waals surface area contributed by atoms with E-state index in [0.717, 1.165) is 0 Å². The molecule has 0 bridgehead atoms. The molecule has 3 heterocycles. The monoisotopic (exact) mass is 374 g/mol. The zero-order valence-corrected chi connectivity index (χ0v) is 15.2. The summed E-state index contributed by atoms with van der Waals surface area (Å²) in [5.41, 5.74) is 1.83. The molecule has 1 saturated heterocycles. The van der Waals surface area contributed by atoms with Gasteiger partial charge in [-0.25, -0.2) is 9.67 Å². The highest BCUT2D eigenvalue weighted by atomic mass is 19.3. The number of halogens is 2. The summed E-state index contributed by atoms with van der Waals surface area (Å²) in [6.45, 7) is 2.57. The van der Waals surface area contributed by atoms with Gasteiger partial charge >= 0.3 is 6.55 Å². The normalized spacial score (nSPS) is 14.5. The lowest BCUT2D eigenvalue weighted by atomic mass is 10.1. The number of carbonyl (C=O) groups excluding carboxylic acids is 1. The van der Waals surface area contributed by atoms with Crippen LogP contribution in [0, 0.1) is 25.2 Å². The molecule has 0 saturated carbocycles. The summed E-state index contributed by atoms with van der Waals surface area (Å²) in [5.74, 6) is 0.508. The zero-order valence-electron chi connectivity index (χ0n) is 15.2. The van der Waals surface area contributed by atoms with Gasteiger partial charge in [0.05, 0.1) is 17.7 Å². The van der Waals surface area contributed by atoms with E-state index in [2.05, 4.69) is 16.2 Å². The van der Waals surface area contributed by atoms with Gasteiger partial charge in [-0.15, -0.1) is 0 Å². The van der Waals surface area contributed by atoms with Crippen molar-refractivity contribution in [3.63, 3.8) is 0 Å². The maximum absolute atomic E-state index is 13.0. The van der Waals surface area contributed by atoms with E-state index in [1.807, 2.05) is 4.90 Å². The second-order valence-electron chi connectivity index (χ2n) is 6.40. The number of carbonyl (C=O) groups is 1. The van der Waals surface area contributed by atoms with Crippen LogP contribution in [0.4, 0.5) is 14.6 Å². The van der Waals surface area contributed by atoms with Gasteiger partial charge in [-0.2, -0.15) is 19.1 Å². The van der Waals surface area contributed by atoms with Crippen LogP contribution in [0.25, 0.3) is 0 Å². The number of rotatable bonds is 4. The van der Waals surface area contributed by atoms with Crippen molar-refractivity contribution in [2.75, 3.05) is 31.1 Å². The Morgan fingerprint density at radius 3 is 2.59 bits per heavy atom. The minimum atomic E-state index is -2.72. The fourth-order valence-electron chi connectivity index (χ4n) is 3.31. The van der Waals surface area contributed by atoms with Gasteiger partial charge in [-0.1, -0.05) is 0 Å². The molecule has 1 fully saturated rings. The molecule has 1 amide bonds. The Balaban J connectivity index is 1.65. The van der Waals surface area contributed by atoms with Crippen LogP contribution in [0.2, 0.25) is 0 Å². The van der Waals surface area contributed by atoms with E-state index in [0.29, 0.717) is 59.2 Å². The van der Waals surface area contributed by atoms with Gasteiger partial charge in [0.1, 0.15) is 11.9 Å². The van der Waals surface area contributed by atoms with Crippen molar-refractivity contribution in [1.82, 2.24) is 19.7 Å². The Morgan fingerprint density at radius 2 is 2.00 bits per heavy atom. The SMILES string of the molecule is Cc1nn(C(F)F)c(C)c1CC(=O)N1CCN(c2ncccc2C#N)CC1. The van der Waals surface area contributed by atoms with E-state index < -0.39 is 6.55 Å². The highest BCUT2D eigenvalue weighted by molar-refractivity contribution is 5.79. The van der Waals surface area contributed by atoms with Crippen molar-refractivity contribution in [2.24, 2.45) is 0 Å². The molecule has 9 heteroatoms. The number of nitrogens with zero attached hydrogens (tertiary/aromatic N) is 6. The zero-order chi connectivity index (χ0) is 19.6.